The third-order valence-corrected chi connectivity index (χ3v) is 4.28. The molecule has 18 heavy (non-hydrogen) atoms. The van der Waals surface area contributed by atoms with Crippen molar-refractivity contribution in [2.45, 2.75) is 58.3 Å². The van der Waals surface area contributed by atoms with Gasteiger partial charge in [0.25, 0.3) is 0 Å². The number of carbonyl (C=O) groups excluding carboxylic acids is 1. The Labute approximate surface area is 111 Å². The Bertz CT molecular complexity index is 408. The van der Waals surface area contributed by atoms with Crippen molar-refractivity contribution in [2.75, 3.05) is 0 Å². The Hall–Kier alpha value is -1.11. The van der Waals surface area contributed by atoms with Crippen molar-refractivity contribution in [3.05, 3.63) is 35.4 Å². The minimum atomic E-state index is 0.205. The Kier molecular flexibility index (Phi) is 4.57. The van der Waals surface area contributed by atoms with Gasteiger partial charge in [0.15, 0.2) is 0 Å². The molecule has 2 rings (SSSR count). The molecule has 1 heteroatoms. The molecule has 1 aromatic rings. The van der Waals surface area contributed by atoms with Crippen molar-refractivity contribution in [2.24, 2.45) is 5.92 Å². The van der Waals surface area contributed by atoms with E-state index in [-0.39, 0.29) is 5.92 Å². The molecule has 2 atom stereocenters. The molecule has 0 heterocycles. The molecule has 0 aliphatic heterocycles. The van der Waals surface area contributed by atoms with Crippen LogP contribution in [0, 0.1) is 5.92 Å². The van der Waals surface area contributed by atoms with E-state index in [2.05, 4.69) is 32.0 Å². The molecule has 0 spiro atoms. The van der Waals surface area contributed by atoms with E-state index in [1.807, 2.05) is 6.07 Å². The maximum atomic E-state index is 12.3. The first-order chi connectivity index (χ1) is 8.76. The van der Waals surface area contributed by atoms with Gasteiger partial charge in [0.1, 0.15) is 5.78 Å². The van der Waals surface area contributed by atoms with Crippen LogP contribution in [0.5, 0.6) is 0 Å². The van der Waals surface area contributed by atoms with Gasteiger partial charge in [-0.2, -0.15) is 0 Å². The number of fused-ring (bicyclic) bond motifs is 1. The lowest BCUT2D eigenvalue weighted by Crippen LogP contribution is -2.26. The number of hydrogen-bond donors (Lipinski definition) is 0. The summed E-state index contributed by atoms with van der Waals surface area (Å²) in [5.41, 5.74) is 2.66. The first-order valence-corrected chi connectivity index (χ1v) is 7.36. The predicted molar refractivity (Wildman–Crippen MR) is 75.8 cm³/mol. The Balaban J connectivity index is 1.90. The summed E-state index contributed by atoms with van der Waals surface area (Å²) in [6, 6.07) is 8.38. The van der Waals surface area contributed by atoms with Gasteiger partial charge < -0.3 is 0 Å². The van der Waals surface area contributed by atoms with E-state index in [0.29, 0.717) is 11.7 Å². The number of unbranched alkanes of at least 4 members (excludes halogenated alkanes) is 1. The number of hydrogen-bond acceptors (Lipinski definition) is 1. The summed E-state index contributed by atoms with van der Waals surface area (Å²) in [4.78, 5) is 12.3. The molecule has 0 bridgehead atoms. The summed E-state index contributed by atoms with van der Waals surface area (Å²) in [7, 11) is 0. The van der Waals surface area contributed by atoms with Gasteiger partial charge in [-0.1, -0.05) is 63.8 Å². The van der Waals surface area contributed by atoms with Crippen molar-refractivity contribution < 1.29 is 4.79 Å². The van der Waals surface area contributed by atoms with Crippen LogP contribution in [0.2, 0.25) is 0 Å². The summed E-state index contributed by atoms with van der Waals surface area (Å²) < 4.78 is 0. The first kappa shape index (κ1) is 13.3. The van der Waals surface area contributed by atoms with E-state index in [1.165, 1.54) is 30.4 Å². The van der Waals surface area contributed by atoms with Crippen LogP contribution in [-0.2, 0) is 11.2 Å². The smallest absolute Gasteiger partial charge is 0.140 e. The van der Waals surface area contributed by atoms with Crippen LogP contribution in [0.15, 0.2) is 24.3 Å². The molecular formula is C17H24O. The Morgan fingerprint density at radius 2 is 2.11 bits per heavy atom. The lowest BCUT2D eigenvalue weighted by molar-refractivity contribution is -0.122. The largest absolute Gasteiger partial charge is 0.299 e. The summed E-state index contributed by atoms with van der Waals surface area (Å²) in [6.45, 7) is 4.43. The second-order valence-electron chi connectivity index (χ2n) is 5.54. The zero-order chi connectivity index (χ0) is 13.0. The highest BCUT2D eigenvalue weighted by molar-refractivity contribution is 5.88. The Morgan fingerprint density at radius 3 is 2.78 bits per heavy atom. The highest BCUT2D eigenvalue weighted by Crippen LogP contribution is 2.37. The summed E-state index contributed by atoms with van der Waals surface area (Å²) in [5, 5.41) is 0. The zero-order valence-electron chi connectivity index (χ0n) is 11.6. The van der Waals surface area contributed by atoms with Crippen LogP contribution in [0.3, 0.4) is 0 Å². The van der Waals surface area contributed by atoms with E-state index < -0.39 is 0 Å². The fourth-order valence-corrected chi connectivity index (χ4v) is 2.92. The minimum Gasteiger partial charge on any atom is -0.299 e. The minimum absolute atomic E-state index is 0.205. The molecule has 1 aromatic carbocycles. The van der Waals surface area contributed by atoms with Gasteiger partial charge in [0.05, 0.1) is 0 Å². The monoisotopic (exact) mass is 244 g/mol. The third-order valence-electron chi connectivity index (χ3n) is 4.28. The van der Waals surface area contributed by atoms with Crippen LogP contribution >= 0.6 is 0 Å². The molecule has 0 amide bonds. The second-order valence-corrected chi connectivity index (χ2v) is 5.54. The van der Waals surface area contributed by atoms with Gasteiger partial charge in [0, 0.05) is 12.3 Å². The fourth-order valence-electron chi connectivity index (χ4n) is 2.92. The van der Waals surface area contributed by atoms with Crippen LogP contribution in [0.1, 0.15) is 63.0 Å². The quantitative estimate of drug-likeness (QED) is 0.690. The van der Waals surface area contributed by atoms with Crippen molar-refractivity contribution >= 4 is 5.78 Å². The molecule has 0 aromatic heterocycles. The van der Waals surface area contributed by atoms with Gasteiger partial charge in [0.2, 0.25) is 0 Å². The molecular weight excluding hydrogens is 220 g/mol. The van der Waals surface area contributed by atoms with E-state index in [0.717, 1.165) is 19.3 Å². The molecule has 0 fully saturated rings. The van der Waals surface area contributed by atoms with Crippen molar-refractivity contribution in [3.8, 4) is 0 Å². The number of Topliss-reactive ketones (excluding diaryl/α,β-unsaturated/α-hetero) is 1. The summed E-state index contributed by atoms with van der Waals surface area (Å²) >= 11 is 0. The van der Waals surface area contributed by atoms with Gasteiger partial charge in [-0.15, -0.1) is 0 Å². The summed E-state index contributed by atoms with van der Waals surface area (Å²) in [6.07, 6.45) is 6.60. The molecule has 98 valence electrons. The van der Waals surface area contributed by atoms with Crippen LogP contribution < -0.4 is 0 Å². The van der Waals surface area contributed by atoms with Crippen molar-refractivity contribution in [3.63, 3.8) is 0 Å². The highest BCUT2D eigenvalue weighted by atomic mass is 16.1. The first-order valence-electron chi connectivity index (χ1n) is 7.36. The molecule has 1 nitrogen and oxygen atoms in total. The average molecular weight is 244 g/mol. The maximum Gasteiger partial charge on any atom is 0.140 e. The van der Waals surface area contributed by atoms with Crippen molar-refractivity contribution in [1.29, 1.82) is 0 Å². The number of rotatable bonds is 7. The van der Waals surface area contributed by atoms with Crippen LogP contribution in [0.25, 0.3) is 0 Å². The molecule has 0 radical (unpaired) electrons. The fraction of sp³-hybridized carbons (Fsp3) is 0.588. The topological polar surface area (TPSA) is 17.1 Å². The van der Waals surface area contributed by atoms with Gasteiger partial charge in [-0.05, 0) is 23.5 Å². The SMILES string of the molecule is CCCCC(CC)CC(=O)C1Cc2ccccc21. The molecule has 0 saturated carbocycles. The van der Waals surface area contributed by atoms with Crippen LogP contribution in [-0.4, -0.2) is 5.78 Å². The third kappa shape index (κ3) is 2.82. The average Bonchev–Trinajstić information content (AvgIpc) is 2.36. The second kappa shape index (κ2) is 6.17. The van der Waals surface area contributed by atoms with E-state index in [1.54, 1.807) is 0 Å². The maximum absolute atomic E-state index is 12.3. The zero-order valence-corrected chi connectivity index (χ0v) is 11.6. The molecule has 1 aliphatic rings. The van der Waals surface area contributed by atoms with Crippen LogP contribution in [0.4, 0.5) is 0 Å². The van der Waals surface area contributed by atoms with Gasteiger partial charge >= 0.3 is 0 Å². The Morgan fingerprint density at radius 1 is 1.33 bits per heavy atom. The molecule has 0 N–H and O–H groups in total. The van der Waals surface area contributed by atoms with Gasteiger partial charge in [-0.3, -0.25) is 4.79 Å². The lowest BCUT2D eigenvalue weighted by Gasteiger charge is -2.30. The lowest BCUT2D eigenvalue weighted by atomic mass is 9.73. The van der Waals surface area contributed by atoms with Gasteiger partial charge in [-0.25, -0.2) is 0 Å². The van der Waals surface area contributed by atoms with E-state index in [4.69, 9.17) is 0 Å². The number of benzene rings is 1. The van der Waals surface area contributed by atoms with E-state index >= 15 is 0 Å². The molecule has 0 saturated heterocycles. The normalized spacial score (nSPS) is 18.9. The number of carbonyl (C=O) groups is 1. The van der Waals surface area contributed by atoms with E-state index in [9.17, 15) is 4.79 Å². The predicted octanol–water partition coefficient (Wildman–Crippen LogP) is 4.50. The molecule has 2 unspecified atom stereocenters. The summed E-state index contributed by atoms with van der Waals surface area (Å²) in [5.74, 6) is 1.28. The standard InChI is InChI=1S/C17H24O/c1-3-5-8-13(4-2)11-17(18)16-12-14-9-6-7-10-15(14)16/h6-7,9-10,13,16H,3-5,8,11-12H2,1-2H3. The van der Waals surface area contributed by atoms with Crippen molar-refractivity contribution in [1.82, 2.24) is 0 Å². The highest BCUT2D eigenvalue weighted by Gasteiger charge is 2.32. The number of ketones is 1. The molecule has 1 aliphatic carbocycles.